The molecule has 1 aromatic carbocycles. The highest BCUT2D eigenvalue weighted by molar-refractivity contribution is 5.19. The number of halogens is 1. The lowest BCUT2D eigenvalue weighted by molar-refractivity contribution is 0.103. The molecule has 0 spiro atoms. The summed E-state index contributed by atoms with van der Waals surface area (Å²) in [6.45, 7) is 6.60. The molecule has 0 radical (unpaired) electrons. The maximum atomic E-state index is 12.9. The van der Waals surface area contributed by atoms with E-state index in [0.29, 0.717) is 6.04 Å². The molecular formula is C15H24FN3. The zero-order chi connectivity index (χ0) is 13.8. The van der Waals surface area contributed by atoms with Gasteiger partial charge in [-0.25, -0.2) is 4.39 Å². The van der Waals surface area contributed by atoms with Gasteiger partial charge in [0, 0.05) is 38.3 Å². The molecule has 19 heavy (non-hydrogen) atoms. The molecule has 2 N–H and O–H groups in total. The molecule has 1 fully saturated rings. The van der Waals surface area contributed by atoms with Crippen LogP contribution in [-0.4, -0.2) is 49.1 Å². The first-order valence-electron chi connectivity index (χ1n) is 7.00. The molecule has 0 saturated carbocycles. The van der Waals surface area contributed by atoms with E-state index in [0.717, 1.165) is 38.2 Å². The summed E-state index contributed by atoms with van der Waals surface area (Å²) in [6, 6.07) is 7.13. The Kier molecular flexibility index (Phi) is 4.91. The first-order valence-corrected chi connectivity index (χ1v) is 7.00. The van der Waals surface area contributed by atoms with E-state index >= 15 is 0 Å². The lowest BCUT2D eigenvalue weighted by Gasteiger charge is -2.38. The Bertz CT molecular complexity index is 393. The van der Waals surface area contributed by atoms with Crippen molar-refractivity contribution in [1.82, 2.24) is 9.80 Å². The summed E-state index contributed by atoms with van der Waals surface area (Å²) in [4.78, 5) is 4.85. The van der Waals surface area contributed by atoms with Crippen LogP contribution in [0.15, 0.2) is 24.3 Å². The van der Waals surface area contributed by atoms with Crippen molar-refractivity contribution >= 4 is 0 Å². The number of hydrogen-bond acceptors (Lipinski definition) is 3. The third-order valence-corrected chi connectivity index (χ3v) is 4.10. The van der Waals surface area contributed by atoms with Gasteiger partial charge in [0.05, 0.1) is 0 Å². The molecule has 3 nitrogen and oxygen atoms in total. The number of nitrogens with zero attached hydrogens (tertiary/aromatic N) is 2. The predicted octanol–water partition coefficient (Wildman–Crippen LogP) is 1.85. The minimum atomic E-state index is -0.205. The van der Waals surface area contributed by atoms with Crippen LogP contribution in [0.1, 0.15) is 24.9 Å². The molecule has 0 aromatic heterocycles. The molecule has 1 aliphatic heterocycles. The smallest absolute Gasteiger partial charge is 0.123 e. The lowest BCUT2D eigenvalue weighted by atomic mass is 10.0. The van der Waals surface area contributed by atoms with Crippen LogP contribution in [0.2, 0.25) is 0 Å². The van der Waals surface area contributed by atoms with E-state index in [9.17, 15) is 4.39 Å². The van der Waals surface area contributed by atoms with E-state index in [1.165, 1.54) is 12.1 Å². The minimum absolute atomic E-state index is 0.00411. The van der Waals surface area contributed by atoms with Gasteiger partial charge in [-0.05, 0) is 38.1 Å². The van der Waals surface area contributed by atoms with Crippen molar-refractivity contribution in [2.45, 2.75) is 25.4 Å². The molecule has 2 atom stereocenters. The lowest BCUT2D eigenvalue weighted by Crippen LogP contribution is -2.50. The Morgan fingerprint density at radius 1 is 1.32 bits per heavy atom. The molecule has 0 bridgehead atoms. The van der Waals surface area contributed by atoms with E-state index in [4.69, 9.17) is 5.73 Å². The Balaban J connectivity index is 1.80. The topological polar surface area (TPSA) is 32.5 Å². The van der Waals surface area contributed by atoms with Crippen LogP contribution in [0.4, 0.5) is 4.39 Å². The molecule has 0 aliphatic carbocycles. The van der Waals surface area contributed by atoms with E-state index in [2.05, 4.69) is 23.8 Å². The summed E-state index contributed by atoms with van der Waals surface area (Å²) in [5.41, 5.74) is 7.18. The molecule has 2 rings (SSSR count). The quantitative estimate of drug-likeness (QED) is 0.902. The highest BCUT2D eigenvalue weighted by Gasteiger charge is 2.20. The predicted molar refractivity (Wildman–Crippen MR) is 76.5 cm³/mol. The minimum Gasteiger partial charge on any atom is -0.324 e. The number of likely N-dealkylation sites (N-methyl/N-ethyl adjacent to an activating group) is 1. The zero-order valence-electron chi connectivity index (χ0n) is 11.8. The average Bonchev–Trinajstić information content (AvgIpc) is 2.40. The van der Waals surface area contributed by atoms with Gasteiger partial charge in [0.1, 0.15) is 5.82 Å². The number of nitrogens with two attached hydrogens (primary N) is 1. The number of benzene rings is 1. The molecule has 1 saturated heterocycles. The largest absolute Gasteiger partial charge is 0.324 e. The van der Waals surface area contributed by atoms with Gasteiger partial charge in [-0.2, -0.15) is 0 Å². The Labute approximate surface area is 115 Å². The zero-order valence-corrected chi connectivity index (χ0v) is 11.8. The van der Waals surface area contributed by atoms with Crippen molar-refractivity contribution in [1.29, 1.82) is 0 Å². The Hall–Kier alpha value is -0.970. The van der Waals surface area contributed by atoms with Crippen molar-refractivity contribution < 1.29 is 4.39 Å². The number of rotatable bonds is 4. The van der Waals surface area contributed by atoms with Gasteiger partial charge >= 0.3 is 0 Å². The molecule has 106 valence electrons. The van der Waals surface area contributed by atoms with Gasteiger partial charge in [0.15, 0.2) is 0 Å². The molecule has 1 aliphatic rings. The van der Waals surface area contributed by atoms with Crippen molar-refractivity contribution in [2.75, 3.05) is 33.2 Å². The Morgan fingerprint density at radius 3 is 2.63 bits per heavy atom. The van der Waals surface area contributed by atoms with Crippen LogP contribution in [0, 0.1) is 5.82 Å². The fourth-order valence-corrected chi connectivity index (χ4v) is 2.53. The summed E-state index contributed by atoms with van der Waals surface area (Å²) < 4.78 is 12.9. The average molecular weight is 265 g/mol. The standard InChI is InChI=1S/C15H24FN3/c1-12-11-19(10-9-18(12)2)8-7-15(17)13-3-5-14(16)6-4-13/h3-6,12,15H,7-11,17H2,1-2H3. The van der Waals surface area contributed by atoms with Gasteiger partial charge in [-0.3, -0.25) is 0 Å². The third-order valence-electron chi connectivity index (χ3n) is 4.10. The second kappa shape index (κ2) is 6.46. The van der Waals surface area contributed by atoms with E-state index < -0.39 is 0 Å². The molecular weight excluding hydrogens is 241 g/mol. The molecule has 2 unspecified atom stereocenters. The van der Waals surface area contributed by atoms with Gasteiger partial charge in [-0.1, -0.05) is 12.1 Å². The van der Waals surface area contributed by atoms with Gasteiger partial charge in [0.2, 0.25) is 0 Å². The highest BCUT2D eigenvalue weighted by atomic mass is 19.1. The van der Waals surface area contributed by atoms with Gasteiger partial charge in [-0.15, -0.1) is 0 Å². The maximum Gasteiger partial charge on any atom is 0.123 e. The monoisotopic (exact) mass is 265 g/mol. The third kappa shape index (κ3) is 4.00. The van der Waals surface area contributed by atoms with Crippen LogP contribution >= 0.6 is 0 Å². The first-order chi connectivity index (χ1) is 9.06. The first kappa shape index (κ1) is 14.4. The summed E-state index contributed by atoms with van der Waals surface area (Å²) in [5.74, 6) is -0.205. The summed E-state index contributed by atoms with van der Waals surface area (Å²) >= 11 is 0. The number of hydrogen-bond donors (Lipinski definition) is 1. The van der Waals surface area contributed by atoms with E-state index in [-0.39, 0.29) is 11.9 Å². The molecule has 1 heterocycles. The van der Waals surface area contributed by atoms with Crippen LogP contribution in [0.3, 0.4) is 0 Å². The maximum absolute atomic E-state index is 12.9. The fourth-order valence-electron chi connectivity index (χ4n) is 2.53. The fraction of sp³-hybridized carbons (Fsp3) is 0.600. The second-order valence-electron chi connectivity index (χ2n) is 5.58. The summed E-state index contributed by atoms with van der Waals surface area (Å²) in [5, 5.41) is 0. The van der Waals surface area contributed by atoms with E-state index in [1.54, 1.807) is 12.1 Å². The van der Waals surface area contributed by atoms with Gasteiger partial charge < -0.3 is 15.5 Å². The summed E-state index contributed by atoms with van der Waals surface area (Å²) in [7, 11) is 2.17. The van der Waals surface area contributed by atoms with Crippen molar-refractivity contribution in [2.24, 2.45) is 5.73 Å². The van der Waals surface area contributed by atoms with Crippen molar-refractivity contribution in [3.8, 4) is 0 Å². The molecule has 1 aromatic rings. The van der Waals surface area contributed by atoms with Crippen LogP contribution in [0.5, 0.6) is 0 Å². The van der Waals surface area contributed by atoms with Crippen molar-refractivity contribution in [3.05, 3.63) is 35.6 Å². The van der Waals surface area contributed by atoms with Crippen LogP contribution < -0.4 is 5.73 Å². The molecule has 4 heteroatoms. The normalized spacial score (nSPS) is 23.5. The Morgan fingerprint density at radius 2 is 2.00 bits per heavy atom. The second-order valence-corrected chi connectivity index (χ2v) is 5.58. The van der Waals surface area contributed by atoms with Crippen LogP contribution in [0.25, 0.3) is 0 Å². The molecule has 0 amide bonds. The van der Waals surface area contributed by atoms with Crippen LogP contribution in [-0.2, 0) is 0 Å². The van der Waals surface area contributed by atoms with Crippen molar-refractivity contribution in [3.63, 3.8) is 0 Å². The number of piperazine rings is 1. The SMILES string of the molecule is CC1CN(CCC(N)c2ccc(F)cc2)CCN1C. The highest BCUT2D eigenvalue weighted by Crippen LogP contribution is 2.16. The van der Waals surface area contributed by atoms with Gasteiger partial charge in [0.25, 0.3) is 0 Å². The summed E-state index contributed by atoms with van der Waals surface area (Å²) in [6.07, 6.45) is 0.919. The van der Waals surface area contributed by atoms with E-state index in [1.807, 2.05) is 0 Å².